The Morgan fingerprint density at radius 1 is 1.36 bits per heavy atom. The second kappa shape index (κ2) is 4.13. The van der Waals surface area contributed by atoms with Gasteiger partial charge in [0.2, 0.25) is 0 Å². The lowest BCUT2D eigenvalue weighted by Gasteiger charge is -2.08. The molecule has 0 unspecified atom stereocenters. The number of ether oxygens (including phenoxy) is 1. The van der Waals surface area contributed by atoms with Crippen LogP contribution in [0.4, 0.5) is 5.69 Å². The van der Waals surface area contributed by atoms with Crippen molar-refractivity contribution < 1.29 is 9.53 Å². The smallest absolute Gasteiger partial charge is 0.338 e. The maximum absolute atomic E-state index is 11.5. The normalized spacial score (nSPS) is 10.3. The van der Waals surface area contributed by atoms with Crippen molar-refractivity contribution in [3.8, 4) is 0 Å². The summed E-state index contributed by atoms with van der Waals surface area (Å²) in [6.45, 7) is 5.52. The van der Waals surface area contributed by atoms with Crippen molar-refractivity contribution >= 4 is 11.7 Å². The summed E-state index contributed by atoms with van der Waals surface area (Å²) in [7, 11) is 0. The molecule has 0 aliphatic heterocycles. The molecule has 0 aromatic heterocycles. The Labute approximate surface area is 83.9 Å². The van der Waals surface area contributed by atoms with Gasteiger partial charge in [0.25, 0.3) is 0 Å². The lowest BCUT2D eigenvalue weighted by atomic mass is 10.1. The summed E-state index contributed by atoms with van der Waals surface area (Å²) in [5, 5.41) is 0. The van der Waals surface area contributed by atoms with Gasteiger partial charge in [-0.3, -0.25) is 0 Å². The average Bonchev–Trinajstić information content (AvgIpc) is 2.00. The minimum atomic E-state index is -0.324. The molecule has 1 rings (SSSR count). The fourth-order valence-corrected chi connectivity index (χ4v) is 1.21. The predicted molar refractivity (Wildman–Crippen MR) is 56.1 cm³/mol. The number of nitrogen functional groups attached to an aromatic ring is 1. The summed E-state index contributed by atoms with van der Waals surface area (Å²) in [5.41, 5.74) is 7.67. The fraction of sp³-hybridized carbons (Fsp3) is 0.364. The van der Waals surface area contributed by atoms with Gasteiger partial charge in [-0.15, -0.1) is 0 Å². The molecule has 0 fully saturated rings. The lowest BCUT2D eigenvalue weighted by molar-refractivity contribution is 0.0378. The van der Waals surface area contributed by atoms with Gasteiger partial charge in [-0.1, -0.05) is 0 Å². The summed E-state index contributed by atoms with van der Waals surface area (Å²) in [6.07, 6.45) is -0.107. The van der Waals surface area contributed by atoms with Crippen LogP contribution < -0.4 is 5.73 Å². The van der Waals surface area contributed by atoms with Gasteiger partial charge >= 0.3 is 5.97 Å². The van der Waals surface area contributed by atoms with Gasteiger partial charge in [0, 0.05) is 5.69 Å². The van der Waals surface area contributed by atoms with Crippen molar-refractivity contribution in [1.82, 2.24) is 0 Å². The first-order valence-electron chi connectivity index (χ1n) is 4.57. The molecule has 3 nitrogen and oxygen atoms in total. The molecule has 0 bridgehead atoms. The minimum Gasteiger partial charge on any atom is -0.459 e. The van der Waals surface area contributed by atoms with Gasteiger partial charge in [-0.25, -0.2) is 4.79 Å². The molecule has 0 heterocycles. The molecule has 0 aliphatic rings. The van der Waals surface area contributed by atoms with Crippen molar-refractivity contribution in [3.63, 3.8) is 0 Å². The molecule has 0 amide bonds. The molecular formula is C11H15NO2. The van der Waals surface area contributed by atoms with Crippen LogP contribution in [0.5, 0.6) is 0 Å². The number of carbonyl (C=O) groups excluding carboxylic acids is 1. The molecule has 1 aromatic carbocycles. The summed E-state index contributed by atoms with van der Waals surface area (Å²) in [6, 6.07) is 5.20. The predicted octanol–water partition coefficient (Wildman–Crippen LogP) is 2.14. The zero-order chi connectivity index (χ0) is 10.7. The number of aryl methyl sites for hydroxylation is 1. The van der Waals surface area contributed by atoms with Crippen molar-refractivity contribution in [2.75, 3.05) is 5.73 Å². The van der Waals surface area contributed by atoms with E-state index < -0.39 is 0 Å². The summed E-state index contributed by atoms with van der Waals surface area (Å²) in [4.78, 5) is 11.5. The molecule has 0 saturated carbocycles. The SMILES string of the molecule is Cc1cc(N)cc(C(=O)OC(C)C)c1. The van der Waals surface area contributed by atoms with Crippen LogP contribution in [-0.4, -0.2) is 12.1 Å². The number of benzene rings is 1. The quantitative estimate of drug-likeness (QED) is 0.578. The van der Waals surface area contributed by atoms with E-state index in [4.69, 9.17) is 10.5 Å². The Morgan fingerprint density at radius 3 is 2.50 bits per heavy atom. The molecule has 2 N–H and O–H groups in total. The minimum absolute atomic E-state index is 0.107. The van der Waals surface area contributed by atoms with Crippen LogP contribution in [0.15, 0.2) is 18.2 Å². The van der Waals surface area contributed by atoms with E-state index in [1.165, 1.54) is 0 Å². The Morgan fingerprint density at radius 2 is 2.00 bits per heavy atom. The van der Waals surface area contributed by atoms with Crippen LogP contribution in [0, 0.1) is 6.92 Å². The fourth-order valence-electron chi connectivity index (χ4n) is 1.21. The second-order valence-electron chi connectivity index (χ2n) is 3.59. The first kappa shape index (κ1) is 10.6. The summed E-state index contributed by atoms with van der Waals surface area (Å²) < 4.78 is 5.05. The van der Waals surface area contributed by atoms with Crippen molar-refractivity contribution in [3.05, 3.63) is 29.3 Å². The number of hydrogen-bond donors (Lipinski definition) is 1. The van der Waals surface area contributed by atoms with E-state index in [0.717, 1.165) is 5.56 Å². The zero-order valence-corrected chi connectivity index (χ0v) is 8.70. The number of rotatable bonds is 2. The number of hydrogen-bond acceptors (Lipinski definition) is 3. The first-order valence-corrected chi connectivity index (χ1v) is 4.57. The van der Waals surface area contributed by atoms with E-state index in [9.17, 15) is 4.79 Å². The highest BCUT2D eigenvalue weighted by atomic mass is 16.5. The average molecular weight is 193 g/mol. The van der Waals surface area contributed by atoms with Crippen LogP contribution in [0.25, 0.3) is 0 Å². The zero-order valence-electron chi connectivity index (χ0n) is 8.70. The monoisotopic (exact) mass is 193 g/mol. The van der Waals surface area contributed by atoms with E-state index in [1.807, 2.05) is 26.8 Å². The molecule has 0 atom stereocenters. The topological polar surface area (TPSA) is 52.3 Å². The van der Waals surface area contributed by atoms with Gasteiger partial charge in [0.05, 0.1) is 11.7 Å². The van der Waals surface area contributed by atoms with Gasteiger partial charge in [-0.05, 0) is 44.5 Å². The highest BCUT2D eigenvalue weighted by molar-refractivity contribution is 5.90. The molecule has 1 aromatic rings. The third kappa shape index (κ3) is 2.76. The van der Waals surface area contributed by atoms with Crippen molar-refractivity contribution in [2.45, 2.75) is 26.9 Å². The standard InChI is InChI=1S/C11H15NO2/c1-7(2)14-11(13)9-4-8(3)5-10(12)6-9/h4-7H,12H2,1-3H3. The van der Waals surface area contributed by atoms with E-state index in [1.54, 1.807) is 12.1 Å². The molecule has 0 saturated heterocycles. The third-order valence-electron chi connectivity index (χ3n) is 1.68. The van der Waals surface area contributed by atoms with Gasteiger partial charge in [0.15, 0.2) is 0 Å². The van der Waals surface area contributed by atoms with Crippen LogP contribution >= 0.6 is 0 Å². The van der Waals surface area contributed by atoms with E-state index in [0.29, 0.717) is 11.3 Å². The second-order valence-corrected chi connectivity index (χ2v) is 3.59. The Balaban J connectivity index is 2.90. The molecule has 0 radical (unpaired) electrons. The molecule has 3 heteroatoms. The first-order chi connectivity index (χ1) is 6.49. The largest absolute Gasteiger partial charge is 0.459 e. The number of nitrogens with two attached hydrogens (primary N) is 1. The molecular weight excluding hydrogens is 178 g/mol. The van der Waals surface area contributed by atoms with Crippen LogP contribution in [0.3, 0.4) is 0 Å². The lowest BCUT2D eigenvalue weighted by Crippen LogP contribution is -2.12. The van der Waals surface area contributed by atoms with Crippen LogP contribution in [0.1, 0.15) is 29.8 Å². The Hall–Kier alpha value is -1.51. The highest BCUT2D eigenvalue weighted by Gasteiger charge is 2.09. The molecule has 14 heavy (non-hydrogen) atoms. The summed E-state index contributed by atoms with van der Waals surface area (Å²) >= 11 is 0. The van der Waals surface area contributed by atoms with Crippen LogP contribution in [0.2, 0.25) is 0 Å². The Bertz CT molecular complexity index is 325. The number of esters is 1. The number of carbonyl (C=O) groups is 1. The molecule has 0 aliphatic carbocycles. The van der Waals surface area contributed by atoms with Gasteiger partial charge in [-0.2, -0.15) is 0 Å². The maximum atomic E-state index is 11.5. The Kier molecular flexibility index (Phi) is 3.12. The van der Waals surface area contributed by atoms with Crippen molar-refractivity contribution in [2.24, 2.45) is 0 Å². The van der Waals surface area contributed by atoms with E-state index >= 15 is 0 Å². The van der Waals surface area contributed by atoms with Gasteiger partial charge < -0.3 is 10.5 Å². The highest BCUT2D eigenvalue weighted by Crippen LogP contribution is 2.12. The molecule has 0 spiro atoms. The van der Waals surface area contributed by atoms with Gasteiger partial charge in [0.1, 0.15) is 0 Å². The van der Waals surface area contributed by atoms with E-state index in [-0.39, 0.29) is 12.1 Å². The van der Waals surface area contributed by atoms with Crippen molar-refractivity contribution in [1.29, 1.82) is 0 Å². The van der Waals surface area contributed by atoms with Crippen LogP contribution in [-0.2, 0) is 4.74 Å². The third-order valence-corrected chi connectivity index (χ3v) is 1.68. The summed E-state index contributed by atoms with van der Waals surface area (Å²) in [5.74, 6) is -0.324. The maximum Gasteiger partial charge on any atom is 0.338 e. The van der Waals surface area contributed by atoms with E-state index in [2.05, 4.69) is 0 Å². The molecule has 76 valence electrons. The number of anilines is 1.